The van der Waals surface area contributed by atoms with Crippen molar-refractivity contribution in [2.45, 2.75) is 37.8 Å². The summed E-state index contributed by atoms with van der Waals surface area (Å²) in [5.41, 5.74) is 0. The van der Waals surface area contributed by atoms with Crippen LogP contribution in [0, 0.1) is 0 Å². The number of carbonyl (C=O) groups excluding carboxylic acids is 1. The molecule has 1 saturated carbocycles. The number of nitrogens with zero attached hydrogens (tertiary/aromatic N) is 3. The zero-order valence-corrected chi connectivity index (χ0v) is 6.81. The summed E-state index contributed by atoms with van der Waals surface area (Å²) in [5.74, 6) is 5.56. The fourth-order valence-corrected chi connectivity index (χ4v) is 1.87. The molecule has 66 valence electrons. The number of hydrogen-bond acceptors (Lipinski definition) is 3. The van der Waals surface area contributed by atoms with Crippen LogP contribution in [-0.4, -0.2) is 23.1 Å². The molecule has 5 nitrogen and oxygen atoms in total. The summed E-state index contributed by atoms with van der Waals surface area (Å²) >= 11 is 0. The highest BCUT2D eigenvalue weighted by atomic mass is 16.2. The molecule has 2 unspecified atom stereocenters. The Balaban J connectivity index is 2.18. The molecule has 0 radical (unpaired) electrons. The first-order valence-corrected chi connectivity index (χ1v) is 4.28. The average Bonchev–Trinajstić information content (AvgIpc) is 2.12. The Kier molecular flexibility index (Phi) is 1.80. The molecule has 0 spiro atoms. The lowest BCUT2D eigenvalue weighted by Crippen LogP contribution is -2.53. The third-order valence-corrected chi connectivity index (χ3v) is 2.56. The molecule has 2 rings (SSSR count). The maximum Gasteiger partial charge on any atom is 0.376 e. The van der Waals surface area contributed by atoms with Crippen molar-refractivity contribution in [2.75, 3.05) is 0 Å². The Morgan fingerprint density at radius 2 is 2.17 bits per heavy atom. The van der Waals surface area contributed by atoms with E-state index in [4.69, 9.17) is 5.84 Å². The predicted molar refractivity (Wildman–Crippen MR) is 42.3 cm³/mol. The van der Waals surface area contributed by atoms with E-state index < -0.39 is 6.03 Å². The summed E-state index contributed by atoms with van der Waals surface area (Å²) in [5, 5.41) is 8.65. The topological polar surface area (TPSA) is 71.0 Å². The number of carbonyl (C=O) groups is 1. The Hall–Kier alpha value is -0.970. The zero-order chi connectivity index (χ0) is 8.55. The normalized spacial score (nSPS) is 35.1. The molecule has 0 aromatic heterocycles. The van der Waals surface area contributed by atoms with Crippen molar-refractivity contribution in [3.8, 4) is 0 Å². The first kappa shape index (κ1) is 7.67. The number of urea groups is 1. The molecule has 0 aromatic rings. The van der Waals surface area contributed by atoms with Gasteiger partial charge in [0.1, 0.15) is 0 Å². The standard InChI is InChI=1S/C7H12N4O/c8-11-6-4-2-1-3-5(6)9-10-7(11)12/h5-6H,1-4,8H2. The van der Waals surface area contributed by atoms with Crippen LogP contribution in [0.3, 0.4) is 0 Å². The third kappa shape index (κ3) is 1.10. The average molecular weight is 168 g/mol. The molecule has 2 amide bonds. The van der Waals surface area contributed by atoms with Crippen LogP contribution in [0.2, 0.25) is 0 Å². The molecule has 1 aliphatic carbocycles. The highest BCUT2D eigenvalue weighted by Crippen LogP contribution is 2.27. The fraction of sp³-hybridized carbons (Fsp3) is 0.857. The van der Waals surface area contributed by atoms with E-state index >= 15 is 0 Å². The fourth-order valence-electron chi connectivity index (χ4n) is 1.87. The molecule has 0 bridgehead atoms. The largest absolute Gasteiger partial charge is 0.376 e. The van der Waals surface area contributed by atoms with Crippen LogP contribution in [0.4, 0.5) is 4.79 Å². The van der Waals surface area contributed by atoms with Crippen molar-refractivity contribution in [3.05, 3.63) is 0 Å². The Bertz CT molecular complexity index is 227. The van der Waals surface area contributed by atoms with E-state index in [1.807, 2.05) is 0 Å². The van der Waals surface area contributed by atoms with Gasteiger partial charge < -0.3 is 0 Å². The summed E-state index contributed by atoms with van der Waals surface area (Å²) in [6.07, 6.45) is 4.28. The van der Waals surface area contributed by atoms with Gasteiger partial charge in [-0.1, -0.05) is 18.0 Å². The molecular weight excluding hydrogens is 156 g/mol. The van der Waals surface area contributed by atoms with Gasteiger partial charge in [0.05, 0.1) is 12.1 Å². The third-order valence-electron chi connectivity index (χ3n) is 2.56. The minimum atomic E-state index is -0.404. The van der Waals surface area contributed by atoms with E-state index in [0.29, 0.717) is 0 Å². The van der Waals surface area contributed by atoms with Crippen LogP contribution < -0.4 is 5.84 Å². The van der Waals surface area contributed by atoms with Crippen LogP contribution >= 0.6 is 0 Å². The highest BCUT2D eigenvalue weighted by molar-refractivity contribution is 5.74. The van der Waals surface area contributed by atoms with Gasteiger partial charge >= 0.3 is 6.03 Å². The summed E-state index contributed by atoms with van der Waals surface area (Å²) < 4.78 is 0. The van der Waals surface area contributed by atoms with Crippen molar-refractivity contribution in [2.24, 2.45) is 16.1 Å². The van der Waals surface area contributed by atoms with Gasteiger partial charge in [-0.15, -0.1) is 0 Å². The van der Waals surface area contributed by atoms with Gasteiger partial charge in [0.2, 0.25) is 0 Å². The number of azo groups is 1. The van der Waals surface area contributed by atoms with E-state index in [-0.39, 0.29) is 12.1 Å². The summed E-state index contributed by atoms with van der Waals surface area (Å²) in [6.45, 7) is 0. The zero-order valence-electron chi connectivity index (χ0n) is 6.81. The van der Waals surface area contributed by atoms with Gasteiger partial charge in [-0.05, 0) is 12.8 Å². The maximum atomic E-state index is 11.0. The predicted octanol–water partition coefficient (Wildman–Crippen LogP) is 1.06. The molecule has 2 N–H and O–H groups in total. The van der Waals surface area contributed by atoms with Crippen LogP contribution in [0.1, 0.15) is 25.7 Å². The first-order chi connectivity index (χ1) is 5.79. The number of hydrazine groups is 1. The van der Waals surface area contributed by atoms with Crippen molar-refractivity contribution < 1.29 is 4.79 Å². The van der Waals surface area contributed by atoms with Gasteiger partial charge in [0.15, 0.2) is 0 Å². The maximum absolute atomic E-state index is 11.0. The second-order valence-electron chi connectivity index (χ2n) is 3.32. The van der Waals surface area contributed by atoms with Gasteiger partial charge in [-0.25, -0.2) is 10.6 Å². The monoisotopic (exact) mass is 168 g/mol. The molecule has 5 heteroatoms. The number of nitrogens with two attached hydrogens (primary N) is 1. The van der Waals surface area contributed by atoms with Crippen LogP contribution in [-0.2, 0) is 0 Å². The SMILES string of the molecule is NN1C(=O)N=NC2CCCCC21. The summed E-state index contributed by atoms with van der Waals surface area (Å²) in [7, 11) is 0. The van der Waals surface area contributed by atoms with E-state index in [0.717, 1.165) is 19.3 Å². The smallest absolute Gasteiger partial charge is 0.254 e. The molecule has 2 aliphatic rings. The second kappa shape index (κ2) is 2.82. The van der Waals surface area contributed by atoms with E-state index in [1.54, 1.807) is 0 Å². The van der Waals surface area contributed by atoms with Crippen molar-refractivity contribution in [1.29, 1.82) is 0 Å². The molecular formula is C7H12N4O. The highest BCUT2D eigenvalue weighted by Gasteiger charge is 2.34. The lowest BCUT2D eigenvalue weighted by molar-refractivity contribution is 0.136. The van der Waals surface area contributed by atoms with Gasteiger partial charge in [-0.2, -0.15) is 5.11 Å². The van der Waals surface area contributed by atoms with E-state index in [2.05, 4.69) is 10.2 Å². The van der Waals surface area contributed by atoms with Crippen molar-refractivity contribution in [3.63, 3.8) is 0 Å². The molecule has 0 saturated heterocycles. The minimum Gasteiger partial charge on any atom is -0.254 e. The number of fused-ring (bicyclic) bond motifs is 1. The molecule has 1 fully saturated rings. The Morgan fingerprint density at radius 1 is 1.42 bits per heavy atom. The molecule has 1 heterocycles. The van der Waals surface area contributed by atoms with E-state index in [9.17, 15) is 4.79 Å². The Labute approximate surface area is 70.6 Å². The quantitative estimate of drug-likeness (QED) is 0.434. The number of hydrogen-bond donors (Lipinski definition) is 1. The van der Waals surface area contributed by atoms with Gasteiger partial charge in [-0.3, -0.25) is 5.01 Å². The second-order valence-corrected chi connectivity index (χ2v) is 3.32. The van der Waals surface area contributed by atoms with Crippen molar-refractivity contribution in [1.82, 2.24) is 5.01 Å². The van der Waals surface area contributed by atoms with Crippen LogP contribution in [0.5, 0.6) is 0 Å². The molecule has 0 aromatic carbocycles. The lowest BCUT2D eigenvalue weighted by atomic mass is 9.90. The summed E-state index contributed by atoms with van der Waals surface area (Å²) in [6, 6.07) is -0.150. The van der Waals surface area contributed by atoms with Crippen molar-refractivity contribution >= 4 is 6.03 Å². The Morgan fingerprint density at radius 3 is 3.00 bits per heavy atom. The molecule has 12 heavy (non-hydrogen) atoms. The van der Waals surface area contributed by atoms with Crippen LogP contribution in [0.15, 0.2) is 10.2 Å². The van der Waals surface area contributed by atoms with E-state index in [1.165, 1.54) is 11.4 Å². The van der Waals surface area contributed by atoms with Gasteiger partial charge in [0, 0.05) is 0 Å². The number of rotatable bonds is 0. The van der Waals surface area contributed by atoms with Crippen LogP contribution in [0.25, 0.3) is 0 Å². The lowest BCUT2D eigenvalue weighted by Gasteiger charge is -2.35. The first-order valence-electron chi connectivity index (χ1n) is 4.28. The van der Waals surface area contributed by atoms with Gasteiger partial charge in [0.25, 0.3) is 0 Å². The summed E-state index contributed by atoms with van der Waals surface area (Å²) in [4.78, 5) is 11.0. The minimum absolute atomic E-state index is 0.101. The molecule has 2 atom stereocenters. The molecule has 1 aliphatic heterocycles. The number of amides is 2.